The number of amides is 2. The number of furan rings is 1. The van der Waals surface area contributed by atoms with Gasteiger partial charge in [-0.1, -0.05) is 6.42 Å². The fraction of sp³-hybridized carbons (Fsp3) is 0.538. The topological polar surface area (TPSA) is 91.6 Å². The molecule has 6 nitrogen and oxygen atoms in total. The molecule has 0 unspecified atom stereocenters. The van der Waals surface area contributed by atoms with Crippen LogP contribution in [-0.2, 0) is 6.54 Å². The molecule has 2 rings (SSSR count). The average Bonchev–Trinajstić information content (AvgIpc) is 2.66. The van der Waals surface area contributed by atoms with Crippen molar-refractivity contribution in [2.45, 2.75) is 32.7 Å². The van der Waals surface area contributed by atoms with Crippen LogP contribution in [0.2, 0.25) is 0 Å². The number of aryl methyl sites for hydroxylation is 1. The third-order valence-electron chi connectivity index (χ3n) is 3.40. The fourth-order valence-corrected chi connectivity index (χ4v) is 2.01. The summed E-state index contributed by atoms with van der Waals surface area (Å²) in [6, 6.07) is 1.18. The van der Waals surface area contributed by atoms with E-state index >= 15 is 0 Å². The van der Waals surface area contributed by atoms with Gasteiger partial charge in [-0.15, -0.1) is 0 Å². The minimum atomic E-state index is -1.03. The van der Waals surface area contributed by atoms with Crippen molar-refractivity contribution in [3.63, 3.8) is 0 Å². The lowest BCUT2D eigenvalue weighted by molar-refractivity contribution is 0.0695. The summed E-state index contributed by atoms with van der Waals surface area (Å²) < 4.78 is 5.26. The third-order valence-corrected chi connectivity index (χ3v) is 3.40. The standard InChI is InChI=1S/C13H18N2O4/c1-8-11(12(16)17)5-10(19-8)7-15-13(18)14-6-9-3-2-4-9/h5,9H,2-4,6-7H2,1H3,(H,16,17)(H2,14,15,18). The summed E-state index contributed by atoms with van der Waals surface area (Å²) in [5.74, 6) is 0.366. The van der Waals surface area contributed by atoms with Crippen LogP contribution in [-0.4, -0.2) is 23.7 Å². The van der Waals surface area contributed by atoms with E-state index in [0.717, 1.165) is 0 Å². The molecule has 6 heteroatoms. The Hall–Kier alpha value is -1.98. The Kier molecular flexibility index (Phi) is 4.09. The van der Waals surface area contributed by atoms with E-state index in [1.165, 1.54) is 25.3 Å². The van der Waals surface area contributed by atoms with Crippen molar-refractivity contribution in [1.82, 2.24) is 10.6 Å². The molecule has 0 aromatic carbocycles. The summed E-state index contributed by atoms with van der Waals surface area (Å²) in [6.07, 6.45) is 3.61. The van der Waals surface area contributed by atoms with Gasteiger partial charge in [-0.05, 0) is 31.7 Å². The van der Waals surface area contributed by atoms with Crippen molar-refractivity contribution >= 4 is 12.0 Å². The molecular weight excluding hydrogens is 248 g/mol. The lowest BCUT2D eigenvalue weighted by Gasteiger charge is -2.25. The van der Waals surface area contributed by atoms with E-state index in [4.69, 9.17) is 9.52 Å². The van der Waals surface area contributed by atoms with E-state index in [1.54, 1.807) is 6.92 Å². The maximum Gasteiger partial charge on any atom is 0.339 e. The Labute approximate surface area is 111 Å². The van der Waals surface area contributed by atoms with Gasteiger partial charge in [0.25, 0.3) is 0 Å². The normalized spacial score (nSPS) is 14.8. The number of carbonyl (C=O) groups excluding carboxylic acids is 1. The van der Waals surface area contributed by atoms with Gasteiger partial charge in [-0.2, -0.15) is 0 Å². The van der Waals surface area contributed by atoms with Crippen molar-refractivity contribution < 1.29 is 19.1 Å². The van der Waals surface area contributed by atoms with Crippen LogP contribution in [0.15, 0.2) is 10.5 Å². The van der Waals surface area contributed by atoms with Gasteiger partial charge in [0.05, 0.1) is 6.54 Å². The zero-order chi connectivity index (χ0) is 13.8. The Morgan fingerprint density at radius 3 is 2.68 bits per heavy atom. The molecule has 1 aromatic heterocycles. The van der Waals surface area contributed by atoms with Crippen LogP contribution in [0, 0.1) is 12.8 Å². The van der Waals surface area contributed by atoms with Crippen LogP contribution < -0.4 is 10.6 Å². The van der Waals surface area contributed by atoms with Crippen LogP contribution >= 0.6 is 0 Å². The lowest BCUT2D eigenvalue weighted by atomic mass is 9.85. The Balaban J connectivity index is 1.76. The predicted octanol–water partition coefficient (Wildman–Crippen LogP) is 1.89. The summed E-state index contributed by atoms with van der Waals surface area (Å²) >= 11 is 0. The first-order valence-corrected chi connectivity index (χ1v) is 6.40. The van der Waals surface area contributed by atoms with E-state index in [0.29, 0.717) is 24.0 Å². The van der Waals surface area contributed by atoms with Gasteiger partial charge in [0.15, 0.2) is 0 Å². The average molecular weight is 266 g/mol. The molecule has 0 saturated heterocycles. The maximum atomic E-state index is 11.5. The summed E-state index contributed by atoms with van der Waals surface area (Å²) in [7, 11) is 0. The molecule has 104 valence electrons. The van der Waals surface area contributed by atoms with Gasteiger partial charge in [-0.3, -0.25) is 0 Å². The highest BCUT2D eigenvalue weighted by Crippen LogP contribution is 2.25. The van der Waals surface area contributed by atoms with Crippen LogP contribution in [0.25, 0.3) is 0 Å². The highest BCUT2D eigenvalue weighted by atomic mass is 16.4. The Morgan fingerprint density at radius 1 is 1.42 bits per heavy atom. The third kappa shape index (κ3) is 3.49. The van der Waals surface area contributed by atoms with Crippen LogP contribution in [0.4, 0.5) is 4.79 Å². The first-order valence-electron chi connectivity index (χ1n) is 6.40. The molecule has 1 aliphatic rings. The van der Waals surface area contributed by atoms with E-state index in [-0.39, 0.29) is 18.1 Å². The number of hydrogen-bond donors (Lipinski definition) is 3. The number of carboxylic acid groups (broad SMARTS) is 1. The number of carboxylic acids is 1. The minimum absolute atomic E-state index is 0.131. The smallest absolute Gasteiger partial charge is 0.339 e. The number of nitrogens with one attached hydrogen (secondary N) is 2. The largest absolute Gasteiger partial charge is 0.478 e. The summed E-state index contributed by atoms with van der Waals surface area (Å²) in [6.45, 7) is 2.47. The second kappa shape index (κ2) is 5.77. The molecule has 1 fully saturated rings. The Morgan fingerprint density at radius 2 is 2.16 bits per heavy atom. The van der Waals surface area contributed by atoms with Gasteiger partial charge >= 0.3 is 12.0 Å². The quantitative estimate of drug-likeness (QED) is 0.758. The molecule has 1 heterocycles. The van der Waals surface area contributed by atoms with Crippen molar-refractivity contribution in [3.05, 3.63) is 23.2 Å². The number of hydrogen-bond acceptors (Lipinski definition) is 3. The molecule has 0 spiro atoms. The summed E-state index contributed by atoms with van der Waals surface area (Å²) in [5, 5.41) is 14.3. The zero-order valence-corrected chi connectivity index (χ0v) is 10.9. The first-order chi connectivity index (χ1) is 9.06. The number of rotatable bonds is 5. The predicted molar refractivity (Wildman–Crippen MR) is 68.0 cm³/mol. The second-order valence-electron chi connectivity index (χ2n) is 4.85. The molecule has 0 aliphatic heterocycles. The van der Waals surface area contributed by atoms with Crippen molar-refractivity contribution in [3.8, 4) is 0 Å². The van der Waals surface area contributed by atoms with Crippen molar-refractivity contribution in [1.29, 1.82) is 0 Å². The van der Waals surface area contributed by atoms with Gasteiger partial charge in [-0.25, -0.2) is 9.59 Å². The second-order valence-corrected chi connectivity index (χ2v) is 4.85. The fourth-order valence-electron chi connectivity index (χ4n) is 2.01. The molecule has 1 aromatic rings. The van der Waals surface area contributed by atoms with Crippen LogP contribution in [0.3, 0.4) is 0 Å². The van der Waals surface area contributed by atoms with Crippen LogP contribution in [0.1, 0.15) is 41.1 Å². The summed E-state index contributed by atoms with van der Waals surface area (Å²) in [4.78, 5) is 22.3. The number of carbonyl (C=O) groups is 2. The minimum Gasteiger partial charge on any atom is -0.478 e. The van der Waals surface area contributed by atoms with E-state index in [9.17, 15) is 9.59 Å². The van der Waals surface area contributed by atoms with E-state index in [2.05, 4.69) is 10.6 Å². The highest BCUT2D eigenvalue weighted by Gasteiger charge is 2.18. The molecular formula is C13H18N2O4. The highest BCUT2D eigenvalue weighted by molar-refractivity contribution is 5.88. The molecule has 1 saturated carbocycles. The van der Waals surface area contributed by atoms with Gasteiger partial charge < -0.3 is 20.2 Å². The van der Waals surface area contributed by atoms with Gasteiger partial charge in [0.1, 0.15) is 17.1 Å². The lowest BCUT2D eigenvalue weighted by Crippen LogP contribution is -2.39. The van der Waals surface area contributed by atoms with Gasteiger partial charge in [0, 0.05) is 6.54 Å². The summed E-state index contributed by atoms with van der Waals surface area (Å²) in [5.41, 5.74) is 0.131. The van der Waals surface area contributed by atoms with E-state index < -0.39 is 5.97 Å². The number of aromatic carboxylic acids is 1. The van der Waals surface area contributed by atoms with Crippen molar-refractivity contribution in [2.75, 3.05) is 6.54 Å². The van der Waals surface area contributed by atoms with Crippen molar-refractivity contribution in [2.24, 2.45) is 5.92 Å². The molecule has 0 bridgehead atoms. The molecule has 0 atom stereocenters. The molecule has 0 radical (unpaired) electrons. The first kappa shape index (κ1) is 13.5. The zero-order valence-electron chi connectivity index (χ0n) is 10.9. The molecule has 1 aliphatic carbocycles. The maximum absolute atomic E-state index is 11.5. The van der Waals surface area contributed by atoms with Crippen LogP contribution in [0.5, 0.6) is 0 Å². The van der Waals surface area contributed by atoms with E-state index in [1.807, 2.05) is 0 Å². The number of urea groups is 1. The monoisotopic (exact) mass is 266 g/mol. The molecule has 19 heavy (non-hydrogen) atoms. The SMILES string of the molecule is Cc1oc(CNC(=O)NCC2CCC2)cc1C(=O)O. The van der Waals surface area contributed by atoms with Gasteiger partial charge in [0.2, 0.25) is 0 Å². The molecule has 2 amide bonds. The molecule has 3 N–H and O–H groups in total. The Bertz CT molecular complexity index is 477.